The van der Waals surface area contributed by atoms with E-state index in [2.05, 4.69) is 25.4 Å². The van der Waals surface area contributed by atoms with Gasteiger partial charge in [-0.25, -0.2) is 4.39 Å². The van der Waals surface area contributed by atoms with Crippen molar-refractivity contribution in [2.45, 2.75) is 13.3 Å². The third-order valence-corrected chi connectivity index (χ3v) is 1.94. The second-order valence-electron chi connectivity index (χ2n) is 3.15. The van der Waals surface area contributed by atoms with Crippen LogP contribution < -0.4 is 5.32 Å². The summed E-state index contributed by atoms with van der Waals surface area (Å²) in [5.74, 6) is -0.0509. The van der Waals surface area contributed by atoms with Crippen molar-refractivity contribution in [3.05, 3.63) is 36.7 Å². The van der Waals surface area contributed by atoms with Crippen LogP contribution in [-0.2, 0) is 0 Å². The number of nitrogens with one attached hydrogen (secondary N) is 1. The molecule has 0 heterocycles. The molecule has 0 saturated carbocycles. The molecule has 0 radical (unpaired) electrons. The maximum Gasteiger partial charge on any atom is 0.116 e. The van der Waals surface area contributed by atoms with Crippen LogP contribution in [0.4, 0.5) is 4.39 Å². The number of hydrogen-bond donors (Lipinski definition) is 1. The zero-order valence-corrected chi connectivity index (χ0v) is 8.44. The van der Waals surface area contributed by atoms with Crippen LogP contribution in [0.3, 0.4) is 0 Å². The molecule has 0 aliphatic heterocycles. The zero-order chi connectivity index (χ0) is 10.3. The van der Waals surface area contributed by atoms with Crippen molar-refractivity contribution in [2.75, 3.05) is 13.6 Å². The predicted octanol–water partition coefficient (Wildman–Crippen LogP) is 2.83. The molecule has 0 aliphatic carbocycles. The lowest BCUT2D eigenvalue weighted by Crippen LogP contribution is -2.11. The highest BCUT2D eigenvalue weighted by Crippen LogP contribution is 2.14. The summed E-state index contributed by atoms with van der Waals surface area (Å²) in [4.78, 5) is 0. The van der Waals surface area contributed by atoms with E-state index in [0.29, 0.717) is 5.92 Å². The molecule has 1 N–H and O–H groups in total. The summed E-state index contributed by atoms with van der Waals surface area (Å²) in [6, 6.07) is 0. The monoisotopic (exact) mass is 183 g/mol. The van der Waals surface area contributed by atoms with Gasteiger partial charge in [-0.15, -0.1) is 0 Å². The molecule has 0 spiro atoms. The molecule has 13 heavy (non-hydrogen) atoms. The Hall–Kier alpha value is -0.890. The smallest absolute Gasteiger partial charge is 0.116 e. The van der Waals surface area contributed by atoms with Crippen LogP contribution in [0, 0.1) is 5.92 Å². The first-order valence-electron chi connectivity index (χ1n) is 4.43. The minimum absolute atomic E-state index is 0.378. The van der Waals surface area contributed by atoms with E-state index in [0.717, 1.165) is 18.5 Å². The SMILES string of the molecule is C=C(F)/C=C\C(=C)C(C)CCNC. The van der Waals surface area contributed by atoms with Crippen LogP contribution in [-0.4, -0.2) is 13.6 Å². The Balaban J connectivity index is 3.89. The quantitative estimate of drug-likeness (QED) is 0.624. The van der Waals surface area contributed by atoms with Crippen molar-refractivity contribution in [1.82, 2.24) is 5.32 Å². The van der Waals surface area contributed by atoms with Gasteiger partial charge in [0, 0.05) is 0 Å². The number of halogens is 1. The van der Waals surface area contributed by atoms with Crippen molar-refractivity contribution in [1.29, 1.82) is 0 Å². The lowest BCUT2D eigenvalue weighted by molar-refractivity contribution is 0.594. The number of rotatable bonds is 6. The molecule has 0 rings (SSSR count). The molecule has 2 heteroatoms. The van der Waals surface area contributed by atoms with Gasteiger partial charge in [0.1, 0.15) is 5.83 Å². The molecule has 0 saturated heterocycles. The Kier molecular flexibility index (Phi) is 6.15. The molecule has 0 fully saturated rings. The second kappa shape index (κ2) is 6.61. The van der Waals surface area contributed by atoms with Gasteiger partial charge in [0.15, 0.2) is 0 Å². The molecule has 0 aromatic carbocycles. The molecular weight excluding hydrogens is 165 g/mol. The average molecular weight is 183 g/mol. The van der Waals surface area contributed by atoms with E-state index in [9.17, 15) is 4.39 Å². The molecule has 1 atom stereocenters. The van der Waals surface area contributed by atoms with Crippen molar-refractivity contribution in [3.8, 4) is 0 Å². The maximum atomic E-state index is 12.2. The van der Waals surface area contributed by atoms with Crippen molar-refractivity contribution in [3.63, 3.8) is 0 Å². The van der Waals surface area contributed by atoms with E-state index in [4.69, 9.17) is 0 Å². The van der Waals surface area contributed by atoms with E-state index in [1.165, 1.54) is 6.08 Å². The molecule has 74 valence electrons. The minimum Gasteiger partial charge on any atom is -0.320 e. The number of hydrogen-bond acceptors (Lipinski definition) is 1. The second-order valence-corrected chi connectivity index (χ2v) is 3.15. The summed E-state index contributed by atoms with van der Waals surface area (Å²) in [7, 11) is 1.91. The summed E-state index contributed by atoms with van der Waals surface area (Å²) < 4.78 is 12.2. The van der Waals surface area contributed by atoms with E-state index in [-0.39, 0.29) is 0 Å². The van der Waals surface area contributed by atoms with Gasteiger partial charge in [0.2, 0.25) is 0 Å². The van der Waals surface area contributed by atoms with E-state index in [1.54, 1.807) is 6.08 Å². The molecule has 0 aromatic heterocycles. The summed E-state index contributed by atoms with van der Waals surface area (Å²) >= 11 is 0. The van der Waals surface area contributed by atoms with Gasteiger partial charge in [-0.1, -0.05) is 31.7 Å². The molecule has 1 unspecified atom stereocenters. The normalized spacial score (nSPS) is 13.2. The van der Waals surface area contributed by atoms with Crippen LogP contribution in [0.1, 0.15) is 13.3 Å². The predicted molar refractivity (Wildman–Crippen MR) is 56.2 cm³/mol. The van der Waals surface area contributed by atoms with Crippen LogP contribution in [0.5, 0.6) is 0 Å². The minimum atomic E-state index is -0.429. The van der Waals surface area contributed by atoms with E-state index >= 15 is 0 Å². The Morgan fingerprint density at radius 2 is 2.08 bits per heavy atom. The largest absolute Gasteiger partial charge is 0.320 e. The zero-order valence-electron chi connectivity index (χ0n) is 8.44. The lowest BCUT2D eigenvalue weighted by Gasteiger charge is -2.10. The highest BCUT2D eigenvalue weighted by atomic mass is 19.1. The molecule has 0 amide bonds. The van der Waals surface area contributed by atoms with Gasteiger partial charge in [0.25, 0.3) is 0 Å². The summed E-state index contributed by atoms with van der Waals surface area (Å²) in [5, 5.41) is 3.06. The third-order valence-electron chi connectivity index (χ3n) is 1.94. The topological polar surface area (TPSA) is 12.0 Å². The fraction of sp³-hybridized carbons (Fsp3) is 0.455. The maximum absolute atomic E-state index is 12.2. The first-order chi connectivity index (χ1) is 6.07. The Bertz CT molecular complexity index is 206. The average Bonchev–Trinajstić information content (AvgIpc) is 2.10. The highest BCUT2D eigenvalue weighted by Gasteiger charge is 2.02. The Morgan fingerprint density at radius 1 is 1.46 bits per heavy atom. The van der Waals surface area contributed by atoms with Gasteiger partial charge >= 0.3 is 0 Å². The highest BCUT2D eigenvalue weighted by molar-refractivity contribution is 5.22. The third kappa shape index (κ3) is 6.29. The van der Waals surface area contributed by atoms with Gasteiger partial charge in [-0.3, -0.25) is 0 Å². The molecule has 0 bridgehead atoms. The summed E-state index contributed by atoms with van der Waals surface area (Å²) in [6.07, 6.45) is 4.04. The Morgan fingerprint density at radius 3 is 2.54 bits per heavy atom. The Labute approximate surface area is 80.0 Å². The molecular formula is C11H18FN. The van der Waals surface area contributed by atoms with Crippen molar-refractivity contribution >= 4 is 0 Å². The van der Waals surface area contributed by atoms with Crippen LogP contribution in [0.15, 0.2) is 36.7 Å². The molecule has 0 aliphatic rings. The van der Waals surface area contributed by atoms with Gasteiger partial charge in [-0.05, 0) is 32.0 Å². The molecule has 1 nitrogen and oxygen atoms in total. The van der Waals surface area contributed by atoms with Gasteiger partial charge < -0.3 is 5.32 Å². The lowest BCUT2D eigenvalue weighted by atomic mass is 9.99. The first kappa shape index (κ1) is 12.1. The number of allylic oxidation sites excluding steroid dienone is 4. The van der Waals surface area contributed by atoms with Crippen LogP contribution in [0.2, 0.25) is 0 Å². The van der Waals surface area contributed by atoms with Crippen molar-refractivity contribution in [2.24, 2.45) is 5.92 Å². The first-order valence-corrected chi connectivity index (χ1v) is 4.43. The summed E-state index contributed by atoms with van der Waals surface area (Å²) in [5.41, 5.74) is 0.939. The fourth-order valence-corrected chi connectivity index (χ4v) is 0.908. The van der Waals surface area contributed by atoms with Crippen LogP contribution in [0.25, 0.3) is 0 Å². The fourth-order valence-electron chi connectivity index (χ4n) is 0.908. The standard InChI is InChI=1S/C11H18FN/c1-9(5-6-11(3)12)10(2)7-8-13-4/h5-6,10,13H,1,3,7-8H2,2,4H3/b6-5-. The van der Waals surface area contributed by atoms with E-state index < -0.39 is 5.83 Å². The molecule has 0 aromatic rings. The summed E-state index contributed by atoms with van der Waals surface area (Å²) in [6.45, 7) is 10.0. The van der Waals surface area contributed by atoms with E-state index in [1.807, 2.05) is 7.05 Å². The van der Waals surface area contributed by atoms with Crippen molar-refractivity contribution < 1.29 is 4.39 Å². The van der Waals surface area contributed by atoms with Gasteiger partial charge in [-0.2, -0.15) is 0 Å². The van der Waals surface area contributed by atoms with Gasteiger partial charge in [0.05, 0.1) is 0 Å². The van der Waals surface area contributed by atoms with Crippen LogP contribution >= 0.6 is 0 Å².